The van der Waals surface area contributed by atoms with Gasteiger partial charge in [-0.25, -0.2) is 0 Å². The van der Waals surface area contributed by atoms with Crippen LogP contribution in [0.15, 0.2) is 26.5 Å². The Morgan fingerprint density at radius 3 is 2.79 bits per heavy atom. The van der Waals surface area contributed by atoms with Crippen molar-refractivity contribution < 1.29 is 9.47 Å². The molecule has 7 nitrogen and oxygen atoms in total. The molecule has 9 heteroatoms. The average molecular weight is 413 g/mol. The lowest BCUT2D eigenvalue weighted by atomic mass is 10.2. The lowest BCUT2D eigenvalue weighted by molar-refractivity contribution is 0.228. The molecule has 0 bridgehead atoms. The van der Waals surface area contributed by atoms with Crippen molar-refractivity contribution in [1.29, 1.82) is 0 Å². The number of aromatic amines is 1. The standard InChI is InChI=1S/C15H17BrN4O3S/c1-8(2)23-13-11(16)5-10(6-12(13)22-4)7-17-20-14(21)9(3)18-19-15(20)24/h5-8H,1-4H3,(H,19,24)/b17-7-. The summed E-state index contributed by atoms with van der Waals surface area (Å²) in [4.78, 5) is 12.0. The molecule has 2 aromatic rings. The Morgan fingerprint density at radius 2 is 2.17 bits per heavy atom. The van der Waals surface area contributed by atoms with E-state index in [9.17, 15) is 4.79 Å². The van der Waals surface area contributed by atoms with Crippen LogP contribution in [0.2, 0.25) is 0 Å². The van der Waals surface area contributed by atoms with E-state index in [4.69, 9.17) is 21.7 Å². The van der Waals surface area contributed by atoms with Crippen molar-refractivity contribution in [2.75, 3.05) is 7.11 Å². The number of H-pyrrole nitrogens is 1. The Hall–Kier alpha value is -2.00. The highest BCUT2D eigenvalue weighted by molar-refractivity contribution is 9.10. The molecular formula is C15H17BrN4O3S. The first-order valence-corrected chi connectivity index (χ1v) is 8.30. The first kappa shape index (κ1) is 18.3. The van der Waals surface area contributed by atoms with Gasteiger partial charge in [0.15, 0.2) is 11.5 Å². The second-order valence-electron chi connectivity index (χ2n) is 5.18. The van der Waals surface area contributed by atoms with Gasteiger partial charge < -0.3 is 9.47 Å². The van der Waals surface area contributed by atoms with Crippen LogP contribution in [0.3, 0.4) is 0 Å². The van der Waals surface area contributed by atoms with Crippen LogP contribution in [0.25, 0.3) is 0 Å². The number of hydrogen-bond donors (Lipinski definition) is 1. The number of ether oxygens (including phenoxy) is 2. The summed E-state index contributed by atoms with van der Waals surface area (Å²) in [6.07, 6.45) is 1.52. The molecule has 1 aromatic heterocycles. The normalized spacial score (nSPS) is 11.2. The third-order valence-electron chi connectivity index (χ3n) is 2.94. The van der Waals surface area contributed by atoms with Crippen molar-refractivity contribution in [2.24, 2.45) is 5.10 Å². The molecule has 128 valence electrons. The van der Waals surface area contributed by atoms with Gasteiger partial charge in [0.05, 0.1) is 23.9 Å². The molecule has 24 heavy (non-hydrogen) atoms. The fourth-order valence-electron chi connectivity index (χ4n) is 1.87. The summed E-state index contributed by atoms with van der Waals surface area (Å²) in [6.45, 7) is 5.44. The van der Waals surface area contributed by atoms with Crippen LogP contribution in [0, 0.1) is 11.7 Å². The minimum absolute atomic E-state index is 0.00592. The van der Waals surface area contributed by atoms with Gasteiger partial charge >= 0.3 is 0 Å². The predicted molar refractivity (Wildman–Crippen MR) is 97.9 cm³/mol. The fourth-order valence-corrected chi connectivity index (χ4v) is 2.59. The Morgan fingerprint density at radius 1 is 1.46 bits per heavy atom. The van der Waals surface area contributed by atoms with Crippen molar-refractivity contribution in [1.82, 2.24) is 14.9 Å². The number of aryl methyl sites for hydroxylation is 1. The summed E-state index contributed by atoms with van der Waals surface area (Å²) >= 11 is 8.50. The second kappa shape index (κ2) is 7.71. The molecule has 0 unspecified atom stereocenters. The zero-order valence-electron chi connectivity index (χ0n) is 13.7. The fraction of sp³-hybridized carbons (Fsp3) is 0.333. The highest BCUT2D eigenvalue weighted by atomic mass is 79.9. The van der Waals surface area contributed by atoms with Crippen molar-refractivity contribution in [3.05, 3.63) is 43.0 Å². The summed E-state index contributed by atoms with van der Waals surface area (Å²) in [5, 5.41) is 10.5. The molecule has 0 aliphatic heterocycles. The highest BCUT2D eigenvalue weighted by Crippen LogP contribution is 2.36. The molecule has 0 atom stereocenters. The van der Waals surface area contributed by atoms with Gasteiger partial charge in [0.2, 0.25) is 4.77 Å². The maximum atomic E-state index is 12.0. The molecule has 0 radical (unpaired) electrons. The molecule has 1 heterocycles. The molecule has 0 fully saturated rings. The van der Waals surface area contributed by atoms with E-state index < -0.39 is 0 Å². The first-order valence-electron chi connectivity index (χ1n) is 7.10. The number of methoxy groups -OCH3 is 1. The molecule has 0 saturated heterocycles. The molecule has 0 aliphatic rings. The molecule has 1 N–H and O–H groups in total. The summed E-state index contributed by atoms with van der Waals surface area (Å²) in [6, 6.07) is 3.58. The molecular weight excluding hydrogens is 396 g/mol. The van der Waals surface area contributed by atoms with E-state index in [-0.39, 0.29) is 22.1 Å². The largest absolute Gasteiger partial charge is 0.493 e. The third-order valence-corrected chi connectivity index (χ3v) is 3.79. The van der Waals surface area contributed by atoms with Crippen molar-refractivity contribution in [2.45, 2.75) is 26.9 Å². The third kappa shape index (κ3) is 4.09. The quantitative estimate of drug-likeness (QED) is 0.602. The van der Waals surface area contributed by atoms with Gasteiger partial charge in [-0.2, -0.15) is 14.9 Å². The van der Waals surface area contributed by atoms with Crippen LogP contribution in [0.4, 0.5) is 0 Å². The molecule has 0 saturated carbocycles. The summed E-state index contributed by atoms with van der Waals surface area (Å²) in [7, 11) is 1.56. The van der Waals surface area contributed by atoms with Crippen LogP contribution in [-0.2, 0) is 0 Å². The Labute approximate surface area is 152 Å². The van der Waals surface area contributed by atoms with Crippen molar-refractivity contribution in [3.8, 4) is 11.5 Å². The van der Waals surface area contributed by atoms with Gasteiger partial charge in [-0.1, -0.05) is 0 Å². The minimum Gasteiger partial charge on any atom is -0.493 e. The van der Waals surface area contributed by atoms with Crippen LogP contribution < -0.4 is 15.0 Å². The maximum absolute atomic E-state index is 12.0. The van der Waals surface area contributed by atoms with Gasteiger partial charge in [0, 0.05) is 0 Å². The molecule has 2 rings (SSSR count). The van der Waals surface area contributed by atoms with Gasteiger partial charge in [0.25, 0.3) is 5.56 Å². The number of aromatic nitrogens is 3. The van der Waals surface area contributed by atoms with Crippen molar-refractivity contribution in [3.63, 3.8) is 0 Å². The number of hydrogen-bond acceptors (Lipinski definition) is 6. The smallest absolute Gasteiger partial charge is 0.296 e. The second-order valence-corrected chi connectivity index (χ2v) is 6.42. The van der Waals surface area contributed by atoms with E-state index >= 15 is 0 Å². The monoisotopic (exact) mass is 412 g/mol. The number of nitrogens with zero attached hydrogens (tertiary/aromatic N) is 3. The number of benzene rings is 1. The highest BCUT2D eigenvalue weighted by Gasteiger charge is 2.12. The van der Waals surface area contributed by atoms with Crippen LogP contribution in [0.1, 0.15) is 25.1 Å². The van der Waals surface area contributed by atoms with E-state index in [1.807, 2.05) is 19.9 Å². The van der Waals surface area contributed by atoms with E-state index in [1.54, 1.807) is 20.1 Å². The van der Waals surface area contributed by atoms with Gasteiger partial charge in [0.1, 0.15) is 5.69 Å². The zero-order chi connectivity index (χ0) is 17.9. The maximum Gasteiger partial charge on any atom is 0.296 e. The lowest BCUT2D eigenvalue weighted by Crippen LogP contribution is -2.22. The SMILES string of the molecule is COc1cc(/C=N\n2c(=S)[nH]nc(C)c2=O)cc(Br)c1OC(C)C. The van der Waals surface area contributed by atoms with E-state index in [1.165, 1.54) is 6.21 Å². The van der Waals surface area contributed by atoms with E-state index in [0.29, 0.717) is 17.1 Å². The summed E-state index contributed by atoms with van der Waals surface area (Å²) in [5.41, 5.74) is 0.617. The van der Waals surface area contributed by atoms with Crippen molar-refractivity contribution >= 4 is 34.4 Å². The number of nitrogens with one attached hydrogen (secondary N) is 1. The van der Waals surface area contributed by atoms with Gasteiger partial charge in [-0.3, -0.25) is 9.89 Å². The first-order chi connectivity index (χ1) is 11.3. The Kier molecular flexibility index (Phi) is 5.89. The number of rotatable bonds is 5. The van der Waals surface area contributed by atoms with Gasteiger partial charge in [-0.15, -0.1) is 0 Å². The molecule has 0 spiro atoms. The summed E-state index contributed by atoms with van der Waals surface area (Å²) < 4.78 is 13.0. The predicted octanol–water partition coefficient (Wildman–Crippen LogP) is 3.05. The van der Waals surface area contributed by atoms with E-state index in [0.717, 1.165) is 9.15 Å². The van der Waals surface area contributed by atoms with Crippen LogP contribution >= 0.6 is 28.1 Å². The molecule has 0 aliphatic carbocycles. The molecule has 0 amide bonds. The summed E-state index contributed by atoms with van der Waals surface area (Å²) in [5.74, 6) is 1.17. The molecule has 1 aromatic carbocycles. The number of halogens is 1. The van der Waals surface area contributed by atoms with E-state index in [2.05, 4.69) is 31.2 Å². The Balaban J connectivity index is 2.45. The topological polar surface area (TPSA) is 81.5 Å². The lowest BCUT2D eigenvalue weighted by Gasteiger charge is -2.15. The van der Waals surface area contributed by atoms with Crippen LogP contribution in [0.5, 0.6) is 11.5 Å². The zero-order valence-corrected chi connectivity index (χ0v) is 16.1. The van der Waals surface area contributed by atoms with Crippen LogP contribution in [-0.4, -0.2) is 34.3 Å². The Bertz CT molecular complexity index is 889. The van der Waals surface area contributed by atoms with Gasteiger partial charge in [-0.05, 0) is 66.6 Å². The minimum atomic E-state index is -0.374. The average Bonchev–Trinajstić information content (AvgIpc) is 2.53.